The molecular formula is C25H36N7O3+. The number of likely N-dealkylation sites (tertiary alicyclic amines) is 1. The molecule has 0 radical (unpaired) electrons. The number of carbonyl (C=O) groups is 1. The van der Waals surface area contributed by atoms with Crippen LogP contribution in [0.15, 0.2) is 42.5 Å². The molecule has 1 aliphatic heterocycles. The molecule has 10 heteroatoms. The van der Waals surface area contributed by atoms with Crippen LogP contribution in [0.4, 0.5) is 5.69 Å². The summed E-state index contributed by atoms with van der Waals surface area (Å²) in [6.45, 7) is 3.67. The summed E-state index contributed by atoms with van der Waals surface area (Å²) < 4.78 is 2.02. The summed E-state index contributed by atoms with van der Waals surface area (Å²) in [5.41, 5.74) is 13.1. The van der Waals surface area contributed by atoms with Crippen LogP contribution in [0, 0.1) is 0 Å². The Kier molecular flexibility index (Phi) is 7.39. The Balaban J connectivity index is 1.59. The minimum atomic E-state index is -1.75. The second kappa shape index (κ2) is 10.3. The molecule has 4 rings (SSSR count). The average molecular weight is 483 g/mol. The minimum Gasteiger partial charge on any atom is -0.827 e. The van der Waals surface area contributed by atoms with E-state index < -0.39 is 11.8 Å². The van der Waals surface area contributed by atoms with E-state index in [0.717, 1.165) is 46.5 Å². The monoisotopic (exact) mass is 482 g/mol. The van der Waals surface area contributed by atoms with E-state index in [9.17, 15) is 15.0 Å². The zero-order valence-corrected chi connectivity index (χ0v) is 20.4. The van der Waals surface area contributed by atoms with Gasteiger partial charge in [-0.05, 0) is 49.2 Å². The normalized spacial score (nSPS) is 17.4. The van der Waals surface area contributed by atoms with E-state index >= 15 is 0 Å². The third-order valence-corrected chi connectivity index (χ3v) is 6.93. The van der Waals surface area contributed by atoms with Gasteiger partial charge in [0.25, 0.3) is 5.91 Å². The van der Waals surface area contributed by atoms with Gasteiger partial charge in [0.05, 0.1) is 24.1 Å². The number of anilines is 1. The second-order valence-corrected chi connectivity index (χ2v) is 9.47. The number of hydrogen-bond donors (Lipinski definition) is 5. The van der Waals surface area contributed by atoms with Crippen molar-refractivity contribution < 1.29 is 26.1 Å². The van der Waals surface area contributed by atoms with Gasteiger partial charge in [-0.2, -0.15) is 0 Å². The molecule has 0 spiro atoms. The van der Waals surface area contributed by atoms with Crippen LogP contribution in [0.25, 0.3) is 11.0 Å². The summed E-state index contributed by atoms with van der Waals surface area (Å²) >= 11 is 0. The zero-order chi connectivity index (χ0) is 25.2. The first-order chi connectivity index (χ1) is 16.7. The van der Waals surface area contributed by atoms with Crippen molar-refractivity contribution in [2.75, 3.05) is 25.0 Å². The first-order valence-electron chi connectivity index (χ1n) is 12.0. The highest BCUT2D eigenvalue weighted by Gasteiger charge is 2.43. The molecule has 0 bridgehead atoms. The maximum absolute atomic E-state index is 13.5. The highest BCUT2D eigenvalue weighted by molar-refractivity contribution is 5.88. The maximum Gasteiger partial charge on any atom is 0.288 e. The Labute approximate surface area is 204 Å². The molecule has 2 unspecified atom stereocenters. The van der Waals surface area contributed by atoms with Crippen LogP contribution >= 0.6 is 0 Å². The summed E-state index contributed by atoms with van der Waals surface area (Å²) in [5.74, 6) is 0.805. The van der Waals surface area contributed by atoms with Crippen molar-refractivity contribution in [3.05, 3.63) is 59.4 Å². The van der Waals surface area contributed by atoms with Gasteiger partial charge in [0.2, 0.25) is 0 Å². The van der Waals surface area contributed by atoms with E-state index in [1.165, 1.54) is 0 Å². The van der Waals surface area contributed by atoms with Crippen LogP contribution in [0.1, 0.15) is 42.9 Å². The molecule has 35 heavy (non-hydrogen) atoms. The fourth-order valence-corrected chi connectivity index (χ4v) is 4.67. The van der Waals surface area contributed by atoms with Gasteiger partial charge in [0.15, 0.2) is 11.7 Å². The van der Waals surface area contributed by atoms with E-state index in [4.69, 9.17) is 10.7 Å². The number of aliphatic hydroxyl groups excluding tert-OH is 1. The molecule has 0 saturated carbocycles. The van der Waals surface area contributed by atoms with Crippen LogP contribution in [0.5, 0.6) is 0 Å². The van der Waals surface area contributed by atoms with Crippen molar-refractivity contribution in [3.8, 4) is 0 Å². The van der Waals surface area contributed by atoms with Crippen LogP contribution < -0.4 is 27.2 Å². The summed E-state index contributed by atoms with van der Waals surface area (Å²) in [4.78, 5) is 20.1. The number of rotatable bonds is 9. The molecular weight excluding hydrogens is 446 g/mol. The minimum absolute atomic E-state index is 0.0433. The topological polar surface area (TPSA) is 164 Å². The molecule has 188 valence electrons. The van der Waals surface area contributed by atoms with E-state index in [2.05, 4.69) is 11.1 Å². The van der Waals surface area contributed by atoms with Gasteiger partial charge in [0, 0.05) is 50.2 Å². The van der Waals surface area contributed by atoms with Gasteiger partial charge in [-0.1, -0.05) is 6.07 Å². The van der Waals surface area contributed by atoms with Crippen molar-refractivity contribution in [3.63, 3.8) is 0 Å². The molecule has 1 saturated heterocycles. The van der Waals surface area contributed by atoms with Crippen molar-refractivity contribution >= 4 is 22.6 Å². The zero-order valence-electron chi connectivity index (χ0n) is 20.4. The molecule has 3 aromatic rings. The average Bonchev–Trinajstić information content (AvgIpc) is 3.49. The lowest BCUT2D eigenvalue weighted by atomic mass is 9.89. The highest BCUT2D eigenvalue weighted by atomic mass is 16.5. The number of aliphatic hydroxyl groups is 1. The Morgan fingerprint density at radius 1 is 1.29 bits per heavy atom. The number of aromatic nitrogens is 2. The summed E-state index contributed by atoms with van der Waals surface area (Å²) in [7, 11) is 1.96. The van der Waals surface area contributed by atoms with E-state index in [1.807, 2.05) is 65.9 Å². The third kappa shape index (κ3) is 5.31. The van der Waals surface area contributed by atoms with Crippen molar-refractivity contribution in [2.45, 2.75) is 44.3 Å². The van der Waals surface area contributed by atoms with E-state index in [0.29, 0.717) is 19.6 Å². The predicted molar refractivity (Wildman–Crippen MR) is 130 cm³/mol. The molecule has 2 heterocycles. The van der Waals surface area contributed by atoms with Crippen molar-refractivity contribution in [2.24, 2.45) is 12.8 Å². The van der Waals surface area contributed by atoms with Gasteiger partial charge in [-0.25, -0.2) is 4.98 Å². The van der Waals surface area contributed by atoms with Gasteiger partial charge in [-0.15, -0.1) is 0 Å². The number of nitrogens with one attached hydrogen (secondary N) is 1. The number of benzene rings is 2. The summed E-state index contributed by atoms with van der Waals surface area (Å²) in [5, 5.41) is 25.8. The SMILES string of the molecule is Cn1c(CNc2ccc(C(N)[NH3+])cc2)nc2cc([C@@](C)([NH2+]CC([O-])O)C(=O)N3CCCC3)ccc21. The number of carbonyl (C=O) groups excluding carboxylic acids is 1. The number of nitrogens with zero attached hydrogens (tertiary/aromatic N) is 3. The van der Waals surface area contributed by atoms with Crippen molar-refractivity contribution in [1.82, 2.24) is 14.5 Å². The fourth-order valence-electron chi connectivity index (χ4n) is 4.67. The van der Waals surface area contributed by atoms with Crippen molar-refractivity contribution in [1.29, 1.82) is 0 Å². The Morgan fingerprint density at radius 2 is 1.97 bits per heavy atom. The first kappa shape index (κ1) is 25.1. The second-order valence-electron chi connectivity index (χ2n) is 9.47. The predicted octanol–water partition coefficient (Wildman–Crippen LogP) is -1.54. The van der Waals surface area contributed by atoms with Crippen LogP contribution in [-0.4, -0.2) is 51.4 Å². The lowest BCUT2D eigenvalue weighted by Crippen LogP contribution is -2.99. The van der Waals surface area contributed by atoms with Gasteiger partial charge in [-0.3, -0.25) is 10.5 Å². The van der Waals surface area contributed by atoms with Gasteiger partial charge >= 0.3 is 0 Å². The Bertz CT molecular complexity index is 1170. The molecule has 3 atom stereocenters. The highest BCUT2D eigenvalue weighted by Crippen LogP contribution is 2.26. The number of fused-ring (bicyclic) bond motifs is 1. The smallest absolute Gasteiger partial charge is 0.288 e. The molecule has 1 aromatic heterocycles. The standard InChI is InChI=1S/C25H34N7O3/c1-25(29-15-22(33)34,24(35)32-11-3-4-12-32)17-7-10-20-19(13-17)30-21(31(20)2)14-28-18-8-5-16(6-9-18)23(26)27/h5-10,13,22-23,28-29,33H,3-4,11-12,14-15,26-27H2,1-2H3/q-1/p+2/t22?,25-/m1/s1. The maximum atomic E-state index is 13.5. The summed E-state index contributed by atoms with van der Waals surface area (Å²) in [6, 6.07) is 13.6. The molecule has 10 nitrogen and oxygen atoms in total. The van der Waals surface area contributed by atoms with Gasteiger partial charge < -0.3 is 36.0 Å². The molecule has 0 aliphatic carbocycles. The molecule has 1 fully saturated rings. The molecule has 9 N–H and O–H groups in total. The summed E-state index contributed by atoms with van der Waals surface area (Å²) in [6.07, 6.45) is -0.0513. The quantitative estimate of drug-likeness (QED) is 0.232. The molecule has 1 aliphatic rings. The first-order valence-corrected chi connectivity index (χ1v) is 12.0. The lowest BCUT2D eigenvalue weighted by Gasteiger charge is -2.32. The Hall–Kier alpha value is -3.02. The number of hydrogen-bond acceptors (Lipinski definition) is 6. The number of imidazole rings is 1. The number of amides is 1. The number of quaternary nitrogens is 2. The fraction of sp³-hybridized carbons (Fsp3) is 0.440. The van der Waals surface area contributed by atoms with Gasteiger partial charge in [0.1, 0.15) is 5.82 Å². The molecule has 1 amide bonds. The van der Waals surface area contributed by atoms with Crippen LogP contribution in [-0.2, 0) is 23.9 Å². The lowest BCUT2D eigenvalue weighted by molar-refractivity contribution is -0.746. The third-order valence-electron chi connectivity index (χ3n) is 6.93. The Morgan fingerprint density at radius 3 is 2.60 bits per heavy atom. The molecule has 2 aromatic carbocycles. The number of aryl methyl sites for hydroxylation is 1. The number of nitrogens with two attached hydrogens (primary N) is 2. The van der Waals surface area contributed by atoms with E-state index in [-0.39, 0.29) is 18.6 Å². The van der Waals surface area contributed by atoms with E-state index in [1.54, 1.807) is 5.32 Å². The van der Waals surface area contributed by atoms with Crippen LogP contribution in [0.3, 0.4) is 0 Å². The van der Waals surface area contributed by atoms with Crippen LogP contribution in [0.2, 0.25) is 0 Å². The largest absolute Gasteiger partial charge is 0.827 e.